The van der Waals surface area contributed by atoms with Gasteiger partial charge in [-0.1, -0.05) is 46.7 Å². The van der Waals surface area contributed by atoms with Crippen LogP contribution in [0.15, 0.2) is 4.52 Å². The van der Waals surface area contributed by atoms with Crippen LogP contribution in [0, 0.1) is 10.8 Å². The predicted octanol–water partition coefficient (Wildman–Crippen LogP) is 3.58. The Bertz CT molecular complexity index is 444. The molecule has 4 nitrogen and oxygen atoms in total. The summed E-state index contributed by atoms with van der Waals surface area (Å²) in [5.74, 6) is 1.60. The SMILES string of the molecule is CC(C)c1nc(C2(N)CC(C)(C)CC(C)(C)C2)no1. The molecular formula is C15H27N3O. The highest BCUT2D eigenvalue weighted by atomic mass is 16.5. The van der Waals surface area contributed by atoms with Gasteiger partial charge in [0.15, 0.2) is 5.82 Å². The zero-order valence-electron chi connectivity index (χ0n) is 13.1. The highest BCUT2D eigenvalue weighted by Gasteiger charge is 2.48. The van der Waals surface area contributed by atoms with E-state index in [-0.39, 0.29) is 16.7 Å². The van der Waals surface area contributed by atoms with Crippen molar-refractivity contribution < 1.29 is 4.52 Å². The topological polar surface area (TPSA) is 64.9 Å². The molecule has 0 aliphatic heterocycles. The summed E-state index contributed by atoms with van der Waals surface area (Å²) >= 11 is 0. The molecule has 1 aliphatic rings. The second-order valence-electron chi connectivity index (χ2n) is 8.13. The molecule has 2 rings (SSSR count). The van der Waals surface area contributed by atoms with E-state index in [2.05, 4.69) is 51.7 Å². The first-order valence-corrected chi connectivity index (χ1v) is 7.16. The summed E-state index contributed by atoms with van der Waals surface area (Å²) < 4.78 is 5.34. The Morgan fingerprint density at radius 3 is 2.00 bits per heavy atom. The van der Waals surface area contributed by atoms with Crippen molar-refractivity contribution in [3.8, 4) is 0 Å². The maximum atomic E-state index is 6.66. The largest absolute Gasteiger partial charge is 0.339 e. The third kappa shape index (κ3) is 2.99. The van der Waals surface area contributed by atoms with E-state index in [0.29, 0.717) is 11.7 Å². The number of nitrogens with zero attached hydrogens (tertiary/aromatic N) is 2. The first-order valence-electron chi connectivity index (χ1n) is 7.16. The quantitative estimate of drug-likeness (QED) is 0.887. The van der Waals surface area contributed by atoms with Gasteiger partial charge in [0.1, 0.15) is 0 Å². The Balaban J connectivity index is 2.34. The van der Waals surface area contributed by atoms with E-state index in [0.717, 1.165) is 12.8 Å². The Kier molecular flexibility index (Phi) is 3.28. The molecule has 1 saturated carbocycles. The molecule has 4 heteroatoms. The fraction of sp³-hybridized carbons (Fsp3) is 0.867. The van der Waals surface area contributed by atoms with Crippen molar-refractivity contribution in [2.75, 3.05) is 0 Å². The normalized spacial score (nSPS) is 24.6. The second-order valence-corrected chi connectivity index (χ2v) is 8.13. The highest BCUT2D eigenvalue weighted by molar-refractivity contribution is 5.11. The van der Waals surface area contributed by atoms with Crippen LogP contribution < -0.4 is 5.73 Å². The van der Waals surface area contributed by atoms with Crippen LogP contribution in [0.4, 0.5) is 0 Å². The number of rotatable bonds is 2. The van der Waals surface area contributed by atoms with Crippen LogP contribution >= 0.6 is 0 Å². The molecule has 0 radical (unpaired) electrons. The molecule has 0 saturated heterocycles. The van der Waals surface area contributed by atoms with E-state index < -0.39 is 5.54 Å². The summed E-state index contributed by atoms with van der Waals surface area (Å²) in [5, 5.41) is 4.15. The van der Waals surface area contributed by atoms with Gasteiger partial charge < -0.3 is 10.3 Å². The molecule has 1 aromatic rings. The minimum absolute atomic E-state index is 0.203. The van der Waals surface area contributed by atoms with Crippen LogP contribution in [-0.2, 0) is 5.54 Å². The summed E-state index contributed by atoms with van der Waals surface area (Å²) in [6, 6.07) is 0. The molecule has 2 N–H and O–H groups in total. The second kappa shape index (κ2) is 4.30. The molecule has 0 bridgehead atoms. The molecule has 0 spiro atoms. The molecule has 0 atom stereocenters. The molecule has 0 unspecified atom stereocenters. The third-order valence-corrected chi connectivity index (χ3v) is 3.93. The van der Waals surface area contributed by atoms with Crippen LogP contribution in [0.5, 0.6) is 0 Å². The molecule has 0 aromatic carbocycles. The van der Waals surface area contributed by atoms with Crippen molar-refractivity contribution >= 4 is 0 Å². The van der Waals surface area contributed by atoms with Crippen molar-refractivity contribution in [2.45, 2.75) is 72.3 Å². The highest BCUT2D eigenvalue weighted by Crippen LogP contribution is 2.52. The molecule has 1 fully saturated rings. The summed E-state index contributed by atoms with van der Waals surface area (Å²) in [5.41, 5.74) is 6.60. The number of aromatic nitrogens is 2. The molecule has 19 heavy (non-hydrogen) atoms. The minimum Gasteiger partial charge on any atom is -0.339 e. The smallest absolute Gasteiger partial charge is 0.229 e. The van der Waals surface area contributed by atoms with E-state index in [4.69, 9.17) is 10.3 Å². The van der Waals surface area contributed by atoms with Crippen LogP contribution in [0.1, 0.15) is 78.4 Å². The zero-order chi connectivity index (χ0) is 14.5. The Morgan fingerprint density at radius 1 is 1.05 bits per heavy atom. The Hall–Kier alpha value is -0.900. The van der Waals surface area contributed by atoms with Crippen molar-refractivity contribution in [3.63, 3.8) is 0 Å². The van der Waals surface area contributed by atoms with Gasteiger partial charge in [-0.2, -0.15) is 4.98 Å². The summed E-state index contributed by atoms with van der Waals surface area (Å²) in [4.78, 5) is 4.53. The van der Waals surface area contributed by atoms with E-state index in [1.807, 2.05) is 0 Å². The van der Waals surface area contributed by atoms with Gasteiger partial charge in [-0.05, 0) is 30.1 Å². The monoisotopic (exact) mass is 265 g/mol. The maximum absolute atomic E-state index is 6.66. The molecule has 1 aliphatic carbocycles. The fourth-order valence-corrected chi connectivity index (χ4v) is 4.02. The first kappa shape index (κ1) is 14.5. The van der Waals surface area contributed by atoms with Crippen LogP contribution in [-0.4, -0.2) is 10.1 Å². The zero-order valence-corrected chi connectivity index (χ0v) is 13.1. The lowest BCUT2D eigenvalue weighted by atomic mass is 9.58. The van der Waals surface area contributed by atoms with Crippen LogP contribution in [0.3, 0.4) is 0 Å². The van der Waals surface area contributed by atoms with Gasteiger partial charge in [-0.15, -0.1) is 0 Å². The molecule has 108 valence electrons. The lowest BCUT2D eigenvalue weighted by molar-refractivity contribution is 0.0417. The summed E-state index contributed by atoms with van der Waals surface area (Å²) in [6.07, 6.45) is 2.98. The summed E-state index contributed by atoms with van der Waals surface area (Å²) in [7, 11) is 0. The van der Waals surface area contributed by atoms with Crippen molar-refractivity contribution in [1.82, 2.24) is 10.1 Å². The van der Waals surface area contributed by atoms with Crippen LogP contribution in [0.25, 0.3) is 0 Å². The van der Waals surface area contributed by atoms with Gasteiger partial charge in [0.25, 0.3) is 0 Å². The van der Waals surface area contributed by atoms with Gasteiger partial charge in [0.05, 0.1) is 5.54 Å². The third-order valence-electron chi connectivity index (χ3n) is 3.93. The van der Waals surface area contributed by atoms with Gasteiger partial charge in [-0.3, -0.25) is 0 Å². The maximum Gasteiger partial charge on any atom is 0.229 e. The van der Waals surface area contributed by atoms with Gasteiger partial charge in [-0.25, -0.2) is 0 Å². The van der Waals surface area contributed by atoms with Crippen molar-refractivity contribution in [1.29, 1.82) is 0 Å². The molecule has 0 amide bonds. The molecule has 1 heterocycles. The van der Waals surface area contributed by atoms with Gasteiger partial charge >= 0.3 is 0 Å². The fourth-order valence-electron chi connectivity index (χ4n) is 4.02. The Labute approximate surface area is 116 Å². The average Bonchev–Trinajstić information content (AvgIpc) is 2.59. The lowest BCUT2D eigenvalue weighted by Crippen LogP contribution is -2.50. The molecule has 1 aromatic heterocycles. The number of hydrogen-bond donors (Lipinski definition) is 1. The van der Waals surface area contributed by atoms with Crippen molar-refractivity contribution in [3.05, 3.63) is 11.7 Å². The standard InChI is InChI=1S/C15H27N3O/c1-10(2)11-17-12(18-19-11)15(16)8-13(3,4)7-14(5,6)9-15/h10H,7-9,16H2,1-6H3. The summed E-state index contributed by atoms with van der Waals surface area (Å²) in [6.45, 7) is 13.2. The van der Waals surface area contributed by atoms with E-state index in [1.165, 1.54) is 6.42 Å². The Morgan fingerprint density at radius 2 is 1.58 bits per heavy atom. The van der Waals surface area contributed by atoms with Crippen LogP contribution in [0.2, 0.25) is 0 Å². The number of nitrogens with two attached hydrogens (primary N) is 1. The lowest BCUT2D eigenvalue weighted by Gasteiger charge is -2.49. The van der Waals surface area contributed by atoms with Crippen molar-refractivity contribution in [2.24, 2.45) is 16.6 Å². The van der Waals surface area contributed by atoms with Gasteiger partial charge in [0.2, 0.25) is 5.89 Å². The number of hydrogen-bond acceptors (Lipinski definition) is 4. The minimum atomic E-state index is -0.470. The predicted molar refractivity (Wildman–Crippen MR) is 75.7 cm³/mol. The molecular weight excluding hydrogens is 238 g/mol. The van der Waals surface area contributed by atoms with E-state index in [1.54, 1.807) is 0 Å². The van der Waals surface area contributed by atoms with Gasteiger partial charge in [0, 0.05) is 5.92 Å². The average molecular weight is 265 g/mol. The van der Waals surface area contributed by atoms with E-state index in [9.17, 15) is 0 Å². The first-order chi connectivity index (χ1) is 8.53. The van der Waals surface area contributed by atoms with E-state index >= 15 is 0 Å².